The Labute approximate surface area is 123 Å². The van der Waals surface area contributed by atoms with Crippen molar-refractivity contribution in [3.63, 3.8) is 0 Å². The first-order chi connectivity index (χ1) is 9.94. The zero-order chi connectivity index (χ0) is 15.6. The second-order valence-corrected chi connectivity index (χ2v) is 5.54. The van der Waals surface area contributed by atoms with Crippen molar-refractivity contribution in [2.24, 2.45) is 0 Å². The predicted molar refractivity (Wildman–Crippen MR) is 79.7 cm³/mol. The fraction of sp³-hybridized carbons (Fsp3) is 0.533. The molecule has 1 unspecified atom stereocenters. The first kappa shape index (κ1) is 15.3. The topological polar surface area (TPSA) is 83.7 Å². The van der Waals surface area contributed by atoms with Crippen molar-refractivity contribution in [1.29, 1.82) is 0 Å². The minimum Gasteiger partial charge on any atom is -0.479 e. The maximum absolute atomic E-state index is 11.9. The molecular weight excluding hydrogens is 272 g/mol. The average molecular weight is 292 g/mol. The van der Waals surface area contributed by atoms with Gasteiger partial charge in [-0.15, -0.1) is 0 Å². The summed E-state index contributed by atoms with van der Waals surface area (Å²) in [5.41, 5.74) is 0.160. The molecule has 2 rings (SSSR count). The van der Waals surface area contributed by atoms with Crippen molar-refractivity contribution < 1.29 is 14.8 Å². The summed E-state index contributed by atoms with van der Waals surface area (Å²) in [6.07, 6.45) is 2.48. The summed E-state index contributed by atoms with van der Waals surface area (Å²) >= 11 is 0. The molecule has 1 aromatic rings. The summed E-state index contributed by atoms with van der Waals surface area (Å²) < 4.78 is 0. The molecule has 1 aliphatic rings. The molecule has 21 heavy (non-hydrogen) atoms. The number of para-hydroxylation sites is 1. The number of carboxylic acids is 1. The van der Waals surface area contributed by atoms with E-state index in [0.717, 1.165) is 18.4 Å². The number of aryl methyl sites for hydroxylation is 1. The van der Waals surface area contributed by atoms with Crippen molar-refractivity contribution in [3.8, 4) is 0 Å². The summed E-state index contributed by atoms with van der Waals surface area (Å²) in [4.78, 5) is 24.5. The van der Waals surface area contributed by atoms with E-state index in [0.29, 0.717) is 25.1 Å². The number of nitro benzene ring substituents is 1. The van der Waals surface area contributed by atoms with Gasteiger partial charge in [0.25, 0.3) is 5.69 Å². The highest BCUT2D eigenvalue weighted by Crippen LogP contribution is 2.43. The third-order valence-corrected chi connectivity index (χ3v) is 4.23. The highest BCUT2D eigenvalue weighted by atomic mass is 16.6. The van der Waals surface area contributed by atoms with Crippen molar-refractivity contribution >= 4 is 17.3 Å². The molecular formula is C15H20N2O4. The van der Waals surface area contributed by atoms with Gasteiger partial charge in [0.05, 0.1) is 4.92 Å². The number of rotatable bonds is 5. The van der Waals surface area contributed by atoms with Crippen LogP contribution < -0.4 is 4.90 Å². The summed E-state index contributed by atoms with van der Waals surface area (Å²) in [7, 11) is 0. The van der Waals surface area contributed by atoms with Gasteiger partial charge in [0, 0.05) is 12.6 Å². The Balaban J connectivity index is 2.59. The van der Waals surface area contributed by atoms with Crippen LogP contribution in [0, 0.1) is 17.0 Å². The summed E-state index contributed by atoms with van der Waals surface area (Å²) in [6.45, 7) is 4.27. The van der Waals surface area contributed by atoms with Crippen LogP contribution >= 0.6 is 0 Å². The van der Waals surface area contributed by atoms with E-state index in [9.17, 15) is 20.0 Å². The lowest BCUT2D eigenvalue weighted by molar-refractivity contribution is -0.384. The molecule has 0 saturated carbocycles. The smallest absolute Gasteiger partial charge is 0.329 e. The lowest BCUT2D eigenvalue weighted by atomic mass is 9.89. The molecule has 1 N–H and O–H groups in total. The van der Waals surface area contributed by atoms with E-state index < -0.39 is 16.4 Å². The van der Waals surface area contributed by atoms with Crippen LogP contribution in [0.5, 0.6) is 0 Å². The Morgan fingerprint density at radius 1 is 1.52 bits per heavy atom. The fourth-order valence-electron chi connectivity index (χ4n) is 3.35. The van der Waals surface area contributed by atoms with Crippen molar-refractivity contribution in [2.45, 2.75) is 45.1 Å². The van der Waals surface area contributed by atoms with Crippen molar-refractivity contribution in [1.82, 2.24) is 0 Å². The molecule has 0 radical (unpaired) electrons. The fourth-order valence-corrected chi connectivity index (χ4v) is 3.35. The van der Waals surface area contributed by atoms with Gasteiger partial charge in [-0.2, -0.15) is 0 Å². The third-order valence-electron chi connectivity index (χ3n) is 4.23. The summed E-state index contributed by atoms with van der Waals surface area (Å²) in [6, 6.07) is 4.87. The zero-order valence-corrected chi connectivity index (χ0v) is 12.3. The van der Waals surface area contributed by atoms with Crippen LogP contribution in [0.25, 0.3) is 0 Å². The SMILES string of the molecule is CCCC1(C(=O)O)CCCN1c1c(C)cccc1[N+](=O)[O-]. The minimum atomic E-state index is -1.02. The largest absolute Gasteiger partial charge is 0.479 e. The summed E-state index contributed by atoms with van der Waals surface area (Å²) in [5.74, 6) is -0.889. The summed E-state index contributed by atoms with van der Waals surface area (Å²) in [5, 5.41) is 21.0. The number of carboxylic acid groups (broad SMARTS) is 1. The number of carbonyl (C=O) groups is 1. The first-order valence-electron chi connectivity index (χ1n) is 7.19. The Kier molecular flexibility index (Phi) is 4.16. The Bertz CT molecular complexity index is 573. The van der Waals surface area contributed by atoms with Gasteiger partial charge in [-0.05, 0) is 31.7 Å². The standard InChI is InChI=1S/C15H20N2O4/c1-3-8-15(14(18)19)9-5-10-16(15)13-11(2)6-4-7-12(13)17(20)21/h4,6-7H,3,5,8-10H2,1-2H3,(H,18,19). The average Bonchev–Trinajstić information content (AvgIpc) is 2.83. The highest BCUT2D eigenvalue weighted by molar-refractivity contribution is 5.86. The van der Waals surface area contributed by atoms with E-state index >= 15 is 0 Å². The molecule has 0 spiro atoms. The molecule has 0 bridgehead atoms. The molecule has 1 aromatic carbocycles. The maximum atomic E-state index is 11.9. The van der Waals surface area contributed by atoms with Crippen LogP contribution in [0.15, 0.2) is 18.2 Å². The second kappa shape index (κ2) is 5.71. The highest BCUT2D eigenvalue weighted by Gasteiger charge is 2.48. The molecule has 6 nitrogen and oxygen atoms in total. The van der Waals surface area contributed by atoms with E-state index in [1.807, 2.05) is 6.92 Å². The molecule has 0 amide bonds. The Hall–Kier alpha value is -2.11. The third kappa shape index (κ3) is 2.46. The Morgan fingerprint density at radius 3 is 2.81 bits per heavy atom. The van der Waals surface area contributed by atoms with Crippen LogP contribution in [0.2, 0.25) is 0 Å². The molecule has 1 atom stereocenters. The quantitative estimate of drug-likeness (QED) is 0.666. The van der Waals surface area contributed by atoms with Gasteiger partial charge in [0.1, 0.15) is 11.2 Å². The number of aliphatic carboxylic acids is 1. The van der Waals surface area contributed by atoms with Crippen LogP contribution in [-0.2, 0) is 4.79 Å². The monoisotopic (exact) mass is 292 g/mol. The molecule has 0 aromatic heterocycles. The lowest BCUT2D eigenvalue weighted by Crippen LogP contribution is -2.51. The van der Waals surface area contributed by atoms with Gasteiger partial charge in [-0.25, -0.2) is 4.79 Å². The number of hydrogen-bond acceptors (Lipinski definition) is 4. The van der Waals surface area contributed by atoms with Gasteiger partial charge in [-0.1, -0.05) is 25.5 Å². The number of anilines is 1. The molecule has 1 fully saturated rings. The molecule has 1 aliphatic heterocycles. The van der Waals surface area contributed by atoms with Crippen molar-refractivity contribution in [3.05, 3.63) is 33.9 Å². The van der Waals surface area contributed by atoms with E-state index in [1.165, 1.54) is 6.07 Å². The molecule has 6 heteroatoms. The zero-order valence-electron chi connectivity index (χ0n) is 12.3. The van der Waals surface area contributed by atoms with Gasteiger partial charge in [-0.3, -0.25) is 10.1 Å². The predicted octanol–water partition coefficient (Wildman–Crippen LogP) is 3.13. The maximum Gasteiger partial charge on any atom is 0.329 e. The number of nitro groups is 1. The number of nitrogens with zero attached hydrogens (tertiary/aromatic N) is 2. The van der Waals surface area contributed by atoms with E-state index in [2.05, 4.69) is 0 Å². The van der Waals surface area contributed by atoms with Gasteiger partial charge < -0.3 is 10.0 Å². The molecule has 1 heterocycles. The first-order valence-corrected chi connectivity index (χ1v) is 7.19. The minimum absolute atomic E-state index is 0.0152. The second-order valence-electron chi connectivity index (χ2n) is 5.54. The van der Waals surface area contributed by atoms with Gasteiger partial charge in [0.15, 0.2) is 0 Å². The lowest BCUT2D eigenvalue weighted by Gasteiger charge is -2.36. The number of benzene rings is 1. The van der Waals surface area contributed by atoms with Gasteiger partial charge in [0.2, 0.25) is 0 Å². The van der Waals surface area contributed by atoms with E-state index in [1.54, 1.807) is 24.0 Å². The molecule has 1 saturated heterocycles. The van der Waals surface area contributed by atoms with Gasteiger partial charge >= 0.3 is 5.97 Å². The normalized spacial score (nSPS) is 21.5. The van der Waals surface area contributed by atoms with E-state index in [-0.39, 0.29) is 5.69 Å². The molecule has 114 valence electrons. The number of hydrogen-bond donors (Lipinski definition) is 1. The van der Waals surface area contributed by atoms with Crippen LogP contribution in [0.1, 0.15) is 38.2 Å². The Morgan fingerprint density at radius 2 is 2.24 bits per heavy atom. The van der Waals surface area contributed by atoms with Crippen LogP contribution in [0.4, 0.5) is 11.4 Å². The van der Waals surface area contributed by atoms with Crippen LogP contribution in [0.3, 0.4) is 0 Å². The van der Waals surface area contributed by atoms with E-state index in [4.69, 9.17) is 0 Å². The van der Waals surface area contributed by atoms with Crippen molar-refractivity contribution in [2.75, 3.05) is 11.4 Å². The van der Waals surface area contributed by atoms with Crippen LogP contribution in [-0.4, -0.2) is 28.1 Å². The molecule has 0 aliphatic carbocycles.